The van der Waals surface area contributed by atoms with Crippen molar-refractivity contribution in [3.05, 3.63) is 24.3 Å². The summed E-state index contributed by atoms with van der Waals surface area (Å²) in [7, 11) is 0. The van der Waals surface area contributed by atoms with Gasteiger partial charge in [-0.25, -0.2) is 0 Å². The number of esters is 1. The summed E-state index contributed by atoms with van der Waals surface area (Å²) in [5, 5.41) is 23.1. The summed E-state index contributed by atoms with van der Waals surface area (Å²) in [5.41, 5.74) is 0. The van der Waals surface area contributed by atoms with Crippen molar-refractivity contribution in [3.63, 3.8) is 0 Å². The van der Waals surface area contributed by atoms with Crippen LogP contribution in [0.3, 0.4) is 0 Å². The van der Waals surface area contributed by atoms with Gasteiger partial charge in [0.25, 0.3) is 0 Å². The zero-order valence-electron chi connectivity index (χ0n) is 57.2. The number of aliphatic hydroxyl groups excluding tert-OH is 2. The second-order valence-corrected chi connectivity index (χ2v) is 26.7. The van der Waals surface area contributed by atoms with Crippen molar-refractivity contribution in [2.24, 2.45) is 0 Å². The number of rotatable bonds is 73. The van der Waals surface area contributed by atoms with Crippen LogP contribution in [0.2, 0.25) is 0 Å². The Hall–Kier alpha value is -1.66. The molecule has 0 aromatic heterocycles. The zero-order valence-corrected chi connectivity index (χ0v) is 57.2. The Labute approximate surface area is 526 Å². The first kappa shape index (κ1) is 82.3. The molecule has 498 valence electrons. The van der Waals surface area contributed by atoms with E-state index in [4.69, 9.17) is 4.74 Å². The molecule has 0 aliphatic rings. The van der Waals surface area contributed by atoms with Gasteiger partial charge < -0.3 is 20.3 Å². The van der Waals surface area contributed by atoms with Crippen LogP contribution in [0.25, 0.3) is 0 Å². The average Bonchev–Trinajstić information content (AvgIpc) is 3.54. The number of ether oxygens (including phenoxy) is 1. The number of carbonyl (C=O) groups excluding carboxylic acids is 2. The molecule has 0 fully saturated rings. The van der Waals surface area contributed by atoms with E-state index in [-0.39, 0.29) is 18.5 Å². The fraction of sp³-hybridized carbons (Fsp3) is 0.923. The lowest BCUT2D eigenvalue weighted by atomic mass is 10.0. The Morgan fingerprint density at radius 1 is 0.321 bits per heavy atom. The van der Waals surface area contributed by atoms with Crippen molar-refractivity contribution in [3.8, 4) is 0 Å². The topological polar surface area (TPSA) is 95.9 Å². The molecule has 0 spiro atoms. The summed E-state index contributed by atoms with van der Waals surface area (Å²) in [4.78, 5) is 24.6. The van der Waals surface area contributed by atoms with Crippen molar-refractivity contribution in [1.82, 2.24) is 5.32 Å². The van der Waals surface area contributed by atoms with Crippen LogP contribution in [-0.2, 0) is 14.3 Å². The quantitative estimate of drug-likeness (QED) is 0.0320. The van der Waals surface area contributed by atoms with Gasteiger partial charge in [-0.2, -0.15) is 0 Å². The molecule has 2 unspecified atom stereocenters. The Bertz CT molecular complexity index is 1320. The molecule has 0 saturated carbocycles. The first-order chi connectivity index (χ1) is 41.5. The number of hydrogen-bond acceptors (Lipinski definition) is 5. The molecule has 0 radical (unpaired) electrons. The van der Waals surface area contributed by atoms with Crippen molar-refractivity contribution >= 4 is 11.9 Å². The maximum Gasteiger partial charge on any atom is 0.305 e. The molecule has 2 atom stereocenters. The van der Waals surface area contributed by atoms with Crippen LogP contribution in [-0.4, -0.2) is 47.4 Å². The SMILES string of the molecule is CCCCCCCC/C=C\CCCCCCCCCCCC(=O)OCCCCCCCCCCCCCCCCCCCCCCCCCCCCCCCCCCCCCC(=O)NC(CO)C(O)/C=C/CCCCCCCCCCCCC. The third-order valence-corrected chi connectivity index (χ3v) is 18.2. The van der Waals surface area contributed by atoms with Gasteiger partial charge >= 0.3 is 5.97 Å². The second-order valence-electron chi connectivity index (χ2n) is 26.7. The number of hydrogen-bond donors (Lipinski definition) is 3. The Kier molecular flexibility index (Phi) is 72.3. The lowest BCUT2D eigenvalue weighted by Crippen LogP contribution is -2.45. The highest BCUT2D eigenvalue weighted by atomic mass is 16.5. The summed E-state index contributed by atoms with van der Waals surface area (Å²) in [6.45, 7) is 4.94. The predicted octanol–water partition coefficient (Wildman–Crippen LogP) is 25.3. The van der Waals surface area contributed by atoms with E-state index >= 15 is 0 Å². The fourth-order valence-corrected chi connectivity index (χ4v) is 12.3. The highest BCUT2D eigenvalue weighted by Crippen LogP contribution is 2.20. The Morgan fingerprint density at radius 2 is 0.560 bits per heavy atom. The second kappa shape index (κ2) is 73.8. The Balaban J connectivity index is 3.29. The molecule has 0 rings (SSSR count). The normalized spacial score (nSPS) is 12.6. The van der Waals surface area contributed by atoms with E-state index in [9.17, 15) is 19.8 Å². The van der Waals surface area contributed by atoms with Crippen LogP contribution < -0.4 is 5.32 Å². The maximum atomic E-state index is 12.5. The molecule has 0 saturated heterocycles. The van der Waals surface area contributed by atoms with Gasteiger partial charge in [-0.15, -0.1) is 0 Å². The van der Waals surface area contributed by atoms with E-state index in [2.05, 4.69) is 31.3 Å². The summed E-state index contributed by atoms with van der Waals surface area (Å²) in [5.74, 6) is -0.0378. The van der Waals surface area contributed by atoms with E-state index in [0.717, 1.165) is 38.5 Å². The number of carbonyl (C=O) groups is 2. The molecule has 6 heteroatoms. The lowest BCUT2D eigenvalue weighted by molar-refractivity contribution is -0.143. The van der Waals surface area contributed by atoms with Crippen molar-refractivity contribution in [2.75, 3.05) is 13.2 Å². The van der Waals surface area contributed by atoms with E-state index < -0.39 is 12.1 Å². The molecular weight excluding hydrogens is 1030 g/mol. The smallest absolute Gasteiger partial charge is 0.305 e. The highest BCUT2D eigenvalue weighted by Gasteiger charge is 2.18. The lowest BCUT2D eigenvalue weighted by Gasteiger charge is -2.20. The van der Waals surface area contributed by atoms with Gasteiger partial charge in [0.1, 0.15) is 0 Å². The summed E-state index contributed by atoms with van der Waals surface area (Å²) >= 11 is 0. The molecule has 0 aliphatic carbocycles. The minimum Gasteiger partial charge on any atom is -0.466 e. The van der Waals surface area contributed by atoms with Crippen LogP contribution in [0.1, 0.15) is 438 Å². The van der Waals surface area contributed by atoms with Crippen LogP contribution in [0.5, 0.6) is 0 Å². The highest BCUT2D eigenvalue weighted by molar-refractivity contribution is 5.76. The van der Waals surface area contributed by atoms with Crippen molar-refractivity contribution < 1.29 is 24.5 Å². The van der Waals surface area contributed by atoms with Gasteiger partial charge in [0.15, 0.2) is 0 Å². The molecule has 0 aromatic rings. The van der Waals surface area contributed by atoms with Gasteiger partial charge in [0, 0.05) is 12.8 Å². The number of unbranched alkanes of at least 4 members (excludes halogenated alkanes) is 60. The van der Waals surface area contributed by atoms with Crippen molar-refractivity contribution in [1.29, 1.82) is 0 Å². The third-order valence-electron chi connectivity index (χ3n) is 18.2. The molecule has 84 heavy (non-hydrogen) atoms. The van der Waals surface area contributed by atoms with E-state index in [1.165, 1.54) is 372 Å². The van der Waals surface area contributed by atoms with E-state index in [0.29, 0.717) is 19.4 Å². The first-order valence-corrected chi connectivity index (χ1v) is 38.6. The third kappa shape index (κ3) is 69.4. The summed E-state index contributed by atoms with van der Waals surface area (Å²) in [6.07, 6.45) is 94.5. The zero-order chi connectivity index (χ0) is 60.6. The van der Waals surface area contributed by atoms with Crippen LogP contribution >= 0.6 is 0 Å². The molecular formula is C78H151NO5. The number of nitrogens with one attached hydrogen (secondary N) is 1. The molecule has 0 bridgehead atoms. The monoisotopic (exact) mass is 1180 g/mol. The maximum absolute atomic E-state index is 12.5. The average molecular weight is 1180 g/mol. The molecule has 1 amide bonds. The van der Waals surface area contributed by atoms with Gasteiger partial charge in [-0.1, -0.05) is 391 Å². The number of amides is 1. The largest absolute Gasteiger partial charge is 0.466 e. The minimum atomic E-state index is -0.839. The summed E-state index contributed by atoms with van der Waals surface area (Å²) in [6, 6.07) is -0.623. The van der Waals surface area contributed by atoms with E-state index in [1.54, 1.807) is 6.08 Å². The fourth-order valence-electron chi connectivity index (χ4n) is 12.3. The Morgan fingerprint density at radius 3 is 0.845 bits per heavy atom. The van der Waals surface area contributed by atoms with Crippen LogP contribution in [0.4, 0.5) is 0 Å². The first-order valence-electron chi connectivity index (χ1n) is 38.6. The molecule has 6 nitrogen and oxygen atoms in total. The summed E-state index contributed by atoms with van der Waals surface area (Å²) < 4.78 is 5.52. The predicted molar refractivity (Wildman–Crippen MR) is 370 cm³/mol. The number of allylic oxidation sites excluding steroid dienone is 3. The minimum absolute atomic E-state index is 0.0228. The van der Waals surface area contributed by atoms with E-state index in [1.807, 2.05) is 6.08 Å². The standard InChI is InChI=1S/C78H151NO5/c1-3-5-7-9-11-13-15-17-18-19-37-41-44-48-52-56-60-64-68-72-78(83)84-73-69-65-61-57-53-49-45-42-39-36-34-32-30-28-26-24-22-20-21-23-25-27-29-31-33-35-38-40-43-47-51-55-59-63-67-71-77(82)79-75(74-80)76(81)70-66-62-58-54-50-46-16-14-12-10-8-6-4-2/h17-18,66,70,75-76,80-81H,3-16,19-65,67-69,71-74H2,1-2H3,(H,79,82)/b18-17-,70-66+. The number of aliphatic hydroxyl groups is 2. The van der Waals surface area contributed by atoms with Gasteiger partial charge in [0.2, 0.25) is 5.91 Å². The van der Waals surface area contributed by atoms with Crippen LogP contribution in [0, 0.1) is 0 Å². The van der Waals surface area contributed by atoms with Gasteiger partial charge in [-0.3, -0.25) is 9.59 Å². The molecule has 0 aliphatic heterocycles. The van der Waals surface area contributed by atoms with Gasteiger partial charge in [0.05, 0.1) is 25.4 Å². The molecule has 3 N–H and O–H groups in total. The molecule has 0 aromatic carbocycles. The van der Waals surface area contributed by atoms with Gasteiger partial charge in [-0.05, 0) is 57.8 Å². The molecule has 0 heterocycles. The van der Waals surface area contributed by atoms with Crippen molar-refractivity contribution in [2.45, 2.75) is 450 Å². The van der Waals surface area contributed by atoms with Crippen LogP contribution in [0.15, 0.2) is 24.3 Å².